The van der Waals surface area contributed by atoms with Crippen LogP contribution in [-0.2, 0) is 4.79 Å². The zero-order valence-electron chi connectivity index (χ0n) is 13.3. The van der Waals surface area contributed by atoms with Crippen LogP contribution in [0.2, 0.25) is 0 Å². The molecule has 3 amide bonds. The van der Waals surface area contributed by atoms with Crippen LogP contribution < -0.4 is 10.2 Å². The predicted molar refractivity (Wildman–Crippen MR) is 85.7 cm³/mol. The lowest BCUT2D eigenvalue weighted by molar-refractivity contribution is -0.117. The van der Waals surface area contributed by atoms with Gasteiger partial charge in [-0.25, -0.2) is 9.18 Å². The highest BCUT2D eigenvalue weighted by Crippen LogP contribution is 2.23. The number of carbonyl (C=O) groups excluding carboxylic acids is 2. The summed E-state index contributed by atoms with van der Waals surface area (Å²) < 4.78 is 13.3. The number of anilines is 1. The second kappa shape index (κ2) is 6.56. The molecule has 0 aliphatic carbocycles. The molecule has 0 radical (unpaired) electrons. The number of nitrogens with one attached hydrogen (secondary N) is 1. The van der Waals surface area contributed by atoms with Gasteiger partial charge in [0.15, 0.2) is 0 Å². The van der Waals surface area contributed by atoms with Gasteiger partial charge in [-0.3, -0.25) is 4.79 Å². The van der Waals surface area contributed by atoms with Gasteiger partial charge in [0.1, 0.15) is 5.82 Å². The van der Waals surface area contributed by atoms with E-state index in [4.69, 9.17) is 0 Å². The molecule has 1 aromatic rings. The van der Waals surface area contributed by atoms with Crippen molar-refractivity contribution in [3.05, 3.63) is 30.1 Å². The van der Waals surface area contributed by atoms with Crippen LogP contribution in [0.5, 0.6) is 0 Å². The Morgan fingerprint density at radius 3 is 2.91 bits per heavy atom. The summed E-state index contributed by atoms with van der Waals surface area (Å²) in [5.74, 6) is 0.0569. The van der Waals surface area contributed by atoms with Crippen molar-refractivity contribution in [3.63, 3.8) is 0 Å². The molecule has 2 aliphatic heterocycles. The first-order chi connectivity index (χ1) is 11.0. The van der Waals surface area contributed by atoms with Gasteiger partial charge in [-0.15, -0.1) is 0 Å². The minimum atomic E-state index is -0.370. The van der Waals surface area contributed by atoms with E-state index in [2.05, 4.69) is 12.2 Å². The highest BCUT2D eigenvalue weighted by molar-refractivity contribution is 5.96. The lowest BCUT2D eigenvalue weighted by atomic mass is 10.0. The maximum Gasteiger partial charge on any atom is 0.317 e. The third-order valence-corrected chi connectivity index (χ3v) is 4.52. The van der Waals surface area contributed by atoms with E-state index in [1.165, 1.54) is 17.0 Å². The molecule has 2 atom stereocenters. The van der Waals surface area contributed by atoms with Crippen molar-refractivity contribution in [2.75, 3.05) is 24.5 Å². The molecule has 124 valence electrons. The number of benzene rings is 1. The van der Waals surface area contributed by atoms with Crippen LogP contribution in [0.15, 0.2) is 24.3 Å². The second-order valence-corrected chi connectivity index (χ2v) is 6.53. The van der Waals surface area contributed by atoms with Crippen molar-refractivity contribution in [2.45, 2.75) is 32.2 Å². The molecule has 2 heterocycles. The molecular weight excluding hydrogens is 297 g/mol. The van der Waals surface area contributed by atoms with Gasteiger partial charge in [0.2, 0.25) is 5.91 Å². The fourth-order valence-electron chi connectivity index (χ4n) is 3.34. The zero-order valence-corrected chi connectivity index (χ0v) is 13.3. The fourth-order valence-corrected chi connectivity index (χ4v) is 3.34. The number of likely N-dealkylation sites (tertiary alicyclic amines) is 1. The number of rotatable bonds is 2. The first kappa shape index (κ1) is 15.8. The Morgan fingerprint density at radius 1 is 1.35 bits per heavy atom. The maximum atomic E-state index is 13.3. The summed E-state index contributed by atoms with van der Waals surface area (Å²) in [7, 11) is 0. The Morgan fingerprint density at radius 2 is 2.17 bits per heavy atom. The molecule has 0 aromatic heterocycles. The summed E-state index contributed by atoms with van der Waals surface area (Å²) in [6.07, 6.45) is 2.43. The van der Waals surface area contributed by atoms with Crippen LogP contribution in [0, 0.1) is 11.7 Å². The lowest BCUT2D eigenvalue weighted by Crippen LogP contribution is -2.49. The number of hydrogen-bond acceptors (Lipinski definition) is 2. The van der Waals surface area contributed by atoms with Crippen LogP contribution in [0.1, 0.15) is 26.2 Å². The van der Waals surface area contributed by atoms with Gasteiger partial charge in [-0.2, -0.15) is 0 Å². The van der Waals surface area contributed by atoms with Crippen LogP contribution in [-0.4, -0.2) is 42.5 Å². The summed E-state index contributed by atoms with van der Waals surface area (Å²) in [5, 5.41) is 2.94. The minimum absolute atomic E-state index is 0.0899. The Kier molecular flexibility index (Phi) is 4.50. The summed E-state index contributed by atoms with van der Waals surface area (Å²) in [6, 6.07) is 5.65. The monoisotopic (exact) mass is 319 g/mol. The second-order valence-electron chi connectivity index (χ2n) is 6.53. The number of halogens is 1. The van der Waals surface area contributed by atoms with Crippen molar-refractivity contribution in [1.82, 2.24) is 10.2 Å². The normalized spacial score (nSPS) is 24.9. The SMILES string of the molecule is CC1CCCN(C(=O)NC2CC(=O)N(c3cccc(F)c3)C2)C1. The summed E-state index contributed by atoms with van der Waals surface area (Å²) in [6.45, 7) is 4.06. The zero-order chi connectivity index (χ0) is 16.4. The minimum Gasteiger partial charge on any atom is -0.333 e. The van der Waals surface area contributed by atoms with E-state index < -0.39 is 0 Å². The third kappa shape index (κ3) is 3.63. The van der Waals surface area contributed by atoms with E-state index >= 15 is 0 Å². The molecule has 2 saturated heterocycles. The molecule has 23 heavy (non-hydrogen) atoms. The molecule has 5 nitrogen and oxygen atoms in total. The highest BCUT2D eigenvalue weighted by Gasteiger charge is 2.33. The number of nitrogens with zero attached hydrogens (tertiary/aromatic N) is 2. The first-order valence-corrected chi connectivity index (χ1v) is 8.14. The third-order valence-electron chi connectivity index (χ3n) is 4.52. The van der Waals surface area contributed by atoms with Gasteiger partial charge in [0.25, 0.3) is 0 Å². The van der Waals surface area contributed by atoms with Gasteiger partial charge >= 0.3 is 6.03 Å². The quantitative estimate of drug-likeness (QED) is 0.910. The van der Waals surface area contributed by atoms with Crippen molar-refractivity contribution in [1.29, 1.82) is 0 Å². The summed E-state index contributed by atoms with van der Waals surface area (Å²) in [4.78, 5) is 27.8. The maximum absolute atomic E-state index is 13.3. The van der Waals surface area contributed by atoms with Crippen LogP contribution in [0.25, 0.3) is 0 Å². The molecule has 2 aliphatic rings. The van der Waals surface area contributed by atoms with Crippen molar-refractivity contribution < 1.29 is 14.0 Å². The van der Waals surface area contributed by atoms with Gasteiger partial charge in [0, 0.05) is 31.7 Å². The fraction of sp³-hybridized carbons (Fsp3) is 0.529. The van der Waals surface area contributed by atoms with Crippen molar-refractivity contribution >= 4 is 17.6 Å². The van der Waals surface area contributed by atoms with E-state index in [0.29, 0.717) is 18.2 Å². The molecule has 1 N–H and O–H groups in total. The van der Waals surface area contributed by atoms with Crippen molar-refractivity contribution in [2.24, 2.45) is 5.92 Å². The van der Waals surface area contributed by atoms with E-state index in [1.54, 1.807) is 12.1 Å². The molecule has 2 unspecified atom stereocenters. The largest absolute Gasteiger partial charge is 0.333 e. The van der Waals surface area contributed by atoms with Crippen LogP contribution in [0.3, 0.4) is 0 Å². The summed E-state index contributed by atoms with van der Waals surface area (Å²) >= 11 is 0. The van der Waals surface area contributed by atoms with E-state index in [-0.39, 0.29) is 30.2 Å². The molecule has 0 bridgehead atoms. The number of piperidine rings is 1. The number of amides is 3. The Labute approximate surface area is 135 Å². The molecule has 3 rings (SSSR count). The predicted octanol–water partition coefficient (Wildman–Crippen LogP) is 2.37. The number of urea groups is 1. The molecule has 6 heteroatoms. The topological polar surface area (TPSA) is 52.7 Å². The first-order valence-electron chi connectivity index (χ1n) is 8.14. The Balaban J connectivity index is 1.60. The molecule has 1 aromatic carbocycles. The van der Waals surface area contributed by atoms with Gasteiger partial charge in [-0.05, 0) is 37.0 Å². The molecule has 0 spiro atoms. The molecule has 2 fully saturated rings. The van der Waals surface area contributed by atoms with E-state index in [0.717, 1.165) is 25.9 Å². The average molecular weight is 319 g/mol. The lowest BCUT2D eigenvalue weighted by Gasteiger charge is -2.31. The van der Waals surface area contributed by atoms with Gasteiger partial charge in [0.05, 0.1) is 6.04 Å². The smallest absolute Gasteiger partial charge is 0.317 e. The average Bonchev–Trinajstić information content (AvgIpc) is 2.88. The van der Waals surface area contributed by atoms with Crippen molar-refractivity contribution in [3.8, 4) is 0 Å². The Hall–Kier alpha value is -2.11. The standard InChI is InChI=1S/C17H22FN3O2/c1-12-4-3-7-20(10-12)17(23)19-14-9-16(22)21(11-14)15-6-2-5-13(18)8-15/h2,5-6,8,12,14H,3-4,7,9-11H2,1H3,(H,19,23). The van der Waals surface area contributed by atoms with Gasteiger partial charge < -0.3 is 15.1 Å². The van der Waals surface area contributed by atoms with Gasteiger partial charge in [-0.1, -0.05) is 13.0 Å². The number of carbonyl (C=O) groups is 2. The summed E-state index contributed by atoms with van der Waals surface area (Å²) in [5.41, 5.74) is 0.540. The molecular formula is C17H22FN3O2. The molecule has 0 saturated carbocycles. The highest BCUT2D eigenvalue weighted by atomic mass is 19.1. The van der Waals surface area contributed by atoms with Crippen LogP contribution >= 0.6 is 0 Å². The van der Waals surface area contributed by atoms with E-state index in [9.17, 15) is 14.0 Å². The number of hydrogen-bond donors (Lipinski definition) is 1. The Bertz CT molecular complexity index is 607. The van der Waals surface area contributed by atoms with E-state index in [1.807, 2.05) is 4.90 Å². The van der Waals surface area contributed by atoms with Crippen LogP contribution in [0.4, 0.5) is 14.9 Å².